The van der Waals surface area contributed by atoms with E-state index >= 15 is 0 Å². The molecule has 0 saturated heterocycles. The average molecular weight is 989 g/mol. The molecule has 0 aliphatic carbocycles. The van der Waals surface area contributed by atoms with Gasteiger partial charge in [0.2, 0.25) is 0 Å². The lowest BCUT2D eigenvalue weighted by Crippen LogP contribution is -2.40. The molecule has 0 bridgehead atoms. The van der Waals surface area contributed by atoms with E-state index in [0.717, 1.165) is 116 Å². The van der Waals surface area contributed by atoms with Crippen molar-refractivity contribution in [3.63, 3.8) is 0 Å². The van der Waals surface area contributed by atoms with Crippen molar-refractivity contribution in [2.45, 2.75) is 206 Å². The molecule has 0 amide bonds. The minimum absolute atomic E-state index is 0.176. The topological polar surface area (TPSA) is 108 Å². The minimum atomic E-state index is -1.52. The van der Waals surface area contributed by atoms with Crippen LogP contribution in [0.1, 0.15) is 194 Å². The van der Waals surface area contributed by atoms with Gasteiger partial charge in [-0.1, -0.05) is 200 Å². The highest BCUT2D eigenvalue weighted by Crippen LogP contribution is 2.14. The van der Waals surface area contributed by atoms with Crippen LogP contribution in [0.15, 0.2) is 122 Å². The second-order valence-electron chi connectivity index (χ2n) is 19.1. The summed E-state index contributed by atoms with van der Waals surface area (Å²) in [6, 6.07) is 0. The summed E-state index contributed by atoms with van der Waals surface area (Å²) in [5, 5.41) is 9.69. The van der Waals surface area contributed by atoms with E-state index in [1.807, 2.05) is 21.1 Å². The summed E-state index contributed by atoms with van der Waals surface area (Å²) in [6.45, 7) is 4.59. The maximum atomic E-state index is 12.9. The largest absolute Gasteiger partial charge is 0.477 e. The van der Waals surface area contributed by atoms with Gasteiger partial charge in [0.25, 0.3) is 6.29 Å². The zero-order chi connectivity index (χ0) is 52.0. The first-order valence-electron chi connectivity index (χ1n) is 27.7. The van der Waals surface area contributed by atoms with Gasteiger partial charge in [-0.05, 0) is 103 Å². The quantitative estimate of drug-likeness (QED) is 0.0211. The number of hydrogen-bond acceptors (Lipinski definition) is 7. The van der Waals surface area contributed by atoms with Gasteiger partial charge < -0.3 is 28.5 Å². The number of aliphatic carboxylic acids is 1. The van der Waals surface area contributed by atoms with E-state index in [1.54, 1.807) is 0 Å². The van der Waals surface area contributed by atoms with Gasteiger partial charge in [0.1, 0.15) is 13.2 Å². The third kappa shape index (κ3) is 53.3. The molecule has 0 aromatic heterocycles. The van der Waals surface area contributed by atoms with Crippen LogP contribution in [-0.2, 0) is 33.3 Å². The number of hydrogen-bond donors (Lipinski definition) is 1. The van der Waals surface area contributed by atoms with Crippen LogP contribution >= 0.6 is 0 Å². The van der Waals surface area contributed by atoms with Crippen LogP contribution in [0.25, 0.3) is 0 Å². The molecule has 0 aromatic rings. The molecule has 0 heterocycles. The number of unbranched alkanes of at least 4 members (excludes halogenated alkanes) is 14. The van der Waals surface area contributed by atoms with E-state index in [0.29, 0.717) is 23.9 Å². The molecule has 71 heavy (non-hydrogen) atoms. The Kier molecular flexibility index (Phi) is 48.9. The van der Waals surface area contributed by atoms with Crippen molar-refractivity contribution in [1.29, 1.82) is 0 Å². The Hall–Kier alpha value is -4.31. The summed E-state index contributed by atoms with van der Waals surface area (Å²) in [5.74, 6) is -2.06. The molecule has 0 aliphatic rings. The highest BCUT2D eigenvalue weighted by Gasteiger charge is 2.25. The van der Waals surface area contributed by atoms with E-state index < -0.39 is 24.3 Å². The van der Waals surface area contributed by atoms with Crippen molar-refractivity contribution in [2.75, 3.05) is 47.5 Å². The van der Waals surface area contributed by atoms with Gasteiger partial charge in [-0.15, -0.1) is 0 Å². The lowest BCUT2D eigenvalue weighted by Gasteiger charge is -2.25. The predicted octanol–water partition coefficient (Wildman–Crippen LogP) is 16.1. The monoisotopic (exact) mass is 989 g/mol. The van der Waals surface area contributed by atoms with Crippen molar-refractivity contribution in [3.05, 3.63) is 122 Å². The van der Waals surface area contributed by atoms with Gasteiger partial charge in [-0.3, -0.25) is 9.59 Å². The summed E-state index contributed by atoms with van der Waals surface area (Å²) in [6.07, 6.45) is 69.8. The molecule has 1 N–H and O–H groups in total. The molecule has 2 unspecified atom stereocenters. The molecule has 0 rings (SSSR count). The van der Waals surface area contributed by atoms with E-state index in [4.69, 9.17) is 18.9 Å². The fraction of sp³-hybridized carbons (Fsp3) is 0.629. The fourth-order valence-corrected chi connectivity index (χ4v) is 7.01. The normalized spacial score (nSPS) is 13.8. The summed E-state index contributed by atoms with van der Waals surface area (Å²) in [4.78, 5) is 37.4. The van der Waals surface area contributed by atoms with Gasteiger partial charge in [-0.2, -0.15) is 0 Å². The van der Waals surface area contributed by atoms with Crippen LogP contribution in [0.2, 0.25) is 0 Å². The second-order valence-corrected chi connectivity index (χ2v) is 19.1. The maximum absolute atomic E-state index is 12.9. The van der Waals surface area contributed by atoms with Crippen molar-refractivity contribution >= 4 is 17.9 Å². The molecule has 0 fully saturated rings. The molecule has 9 nitrogen and oxygen atoms in total. The average Bonchev–Trinajstić information content (AvgIpc) is 3.34. The number of carbonyl (C=O) groups is 3. The molecule has 0 radical (unpaired) electrons. The first-order chi connectivity index (χ1) is 34.6. The molecule has 0 spiro atoms. The molecular formula is C62H102NO8+. The summed E-state index contributed by atoms with van der Waals surface area (Å²) >= 11 is 0. The molecule has 0 saturated carbocycles. The van der Waals surface area contributed by atoms with Gasteiger partial charge >= 0.3 is 17.9 Å². The zero-order valence-electron chi connectivity index (χ0n) is 45.6. The number of esters is 2. The lowest BCUT2D eigenvalue weighted by molar-refractivity contribution is -0.870. The number of ether oxygens (including phenoxy) is 4. The second kappa shape index (κ2) is 52.0. The van der Waals surface area contributed by atoms with Gasteiger partial charge in [0, 0.05) is 12.8 Å². The Morgan fingerprint density at radius 2 is 0.761 bits per heavy atom. The highest BCUT2D eigenvalue weighted by atomic mass is 16.7. The number of carboxylic acid groups (broad SMARTS) is 1. The third-order valence-electron chi connectivity index (χ3n) is 11.2. The Balaban J connectivity index is 4.31. The Morgan fingerprint density at radius 3 is 1.13 bits per heavy atom. The summed E-state index contributed by atoms with van der Waals surface area (Å²) in [7, 11) is 5.94. The van der Waals surface area contributed by atoms with Crippen molar-refractivity contribution in [3.8, 4) is 0 Å². The molecule has 2 atom stereocenters. The van der Waals surface area contributed by atoms with Crippen LogP contribution in [0, 0.1) is 0 Å². The van der Waals surface area contributed by atoms with E-state index in [-0.39, 0.29) is 38.6 Å². The van der Waals surface area contributed by atoms with Crippen LogP contribution in [-0.4, -0.2) is 87.4 Å². The predicted molar refractivity (Wildman–Crippen MR) is 299 cm³/mol. The minimum Gasteiger partial charge on any atom is -0.477 e. The number of allylic oxidation sites excluding steroid dienone is 20. The summed E-state index contributed by atoms with van der Waals surface area (Å²) < 4.78 is 22.8. The standard InChI is InChI=1S/C62H101NO8/c1-6-8-10-12-14-16-18-20-22-24-25-26-27-28-29-30-31-32-33-34-35-37-39-41-43-45-47-49-51-53-60(65)71-58(57-70-62(61(66)67)68-55-54-63(3,4)5)56-69-59(64)52-50-48-46-44-42-40-38-36-23-21-19-17-15-13-11-9-7-2/h8-11,14-17,20-23,25-26,28-29,31-32,38,40,58,62H,6-7,12-13,18-19,24,27,30,33-37,39,41-57H2,1-5H3/p+1/b10-8-,11-9-,16-14-,17-15-,22-20-,23-21-,26-25-,29-28-,32-31-,40-38-. The SMILES string of the molecule is CC/C=C\C/C=C\C/C=C\C/C=C\C/C=C\C/C=C\CCCCCCCCCCCCC(=O)OC(COC(=O)CCCCCC/C=C\C/C=C\C/C=C\C/C=C\CC)COC(OCC[N+](C)(C)C)C(=O)O. The number of nitrogens with zero attached hydrogens (tertiary/aromatic N) is 1. The number of quaternary nitrogens is 1. The molecule has 402 valence electrons. The van der Waals surface area contributed by atoms with Crippen LogP contribution in [0.3, 0.4) is 0 Å². The van der Waals surface area contributed by atoms with Crippen LogP contribution < -0.4 is 0 Å². The van der Waals surface area contributed by atoms with E-state index in [2.05, 4.69) is 135 Å². The first-order valence-corrected chi connectivity index (χ1v) is 27.7. The Morgan fingerprint density at radius 1 is 0.423 bits per heavy atom. The van der Waals surface area contributed by atoms with Gasteiger partial charge in [0.05, 0.1) is 34.4 Å². The number of likely N-dealkylation sites (N-methyl/N-ethyl adjacent to an activating group) is 1. The third-order valence-corrected chi connectivity index (χ3v) is 11.2. The smallest absolute Gasteiger partial charge is 0.361 e. The van der Waals surface area contributed by atoms with E-state index in [1.165, 1.54) is 38.5 Å². The van der Waals surface area contributed by atoms with Crippen molar-refractivity contribution in [2.24, 2.45) is 0 Å². The van der Waals surface area contributed by atoms with Gasteiger partial charge in [-0.25, -0.2) is 4.79 Å². The fourth-order valence-electron chi connectivity index (χ4n) is 7.01. The first kappa shape index (κ1) is 66.7. The zero-order valence-corrected chi connectivity index (χ0v) is 45.6. The molecule has 9 heteroatoms. The molecule has 0 aromatic carbocycles. The van der Waals surface area contributed by atoms with E-state index in [9.17, 15) is 19.5 Å². The number of carbonyl (C=O) groups excluding carboxylic acids is 2. The summed E-state index contributed by atoms with van der Waals surface area (Å²) in [5.41, 5.74) is 0. The Bertz CT molecular complexity index is 1570. The van der Waals surface area contributed by atoms with Crippen molar-refractivity contribution < 1.29 is 42.9 Å². The van der Waals surface area contributed by atoms with Crippen molar-refractivity contribution in [1.82, 2.24) is 0 Å². The lowest BCUT2D eigenvalue weighted by atomic mass is 10.0. The van der Waals surface area contributed by atoms with Crippen LogP contribution in [0.5, 0.6) is 0 Å². The molecule has 0 aliphatic heterocycles. The maximum Gasteiger partial charge on any atom is 0.361 e. The highest BCUT2D eigenvalue weighted by molar-refractivity contribution is 5.71. The molecular weight excluding hydrogens is 887 g/mol. The Labute approximate surface area is 434 Å². The van der Waals surface area contributed by atoms with Gasteiger partial charge in [0.15, 0.2) is 6.10 Å². The van der Waals surface area contributed by atoms with Crippen LogP contribution in [0.4, 0.5) is 0 Å². The number of rotatable bonds is 49. The number of carboxylic acids is 1.